The lowest BCUT2D eigenvalue weighted by Crippen LogP contribution is -2.47. The molecule has 0 radical (unpaired) electrons. The molecule has 0 aliphatic heterocycles. The molecule has 3 aromatic carbocycles. The van der Waals surface area contributed by atoms with Crippen molar-refractivity contribution in [1.29, 1.82) is 0 Å². The first-order valence-electron chi connectivity index (χ1n) is 11.1. The normalized spacial score (nSPS) is 11.8. The van der Waals surface area contributed by atoms with Crippen LogP contribution in [-0.2, 0) is 10.2 Å². The average Bonchev–Trinajstić information content (AvgIpc) is 2.83. The fourth-order valence-electron chi connectivity index (χ4n) is 3.09. The second kappa shape index (κ2) is 11.1. The summed E-state index contributed by atoms with van der Waals surface area (Å²) in [5.41, 5.74) is 7.23. The van der Waals surface area contributed by atoms with Crippen LogP contribution in [-0.4, -0.2) is 23.8 Å². The monoisotopic (exact) mass is 493 g/mol. The van der Waals surface area contributed by atoms with E-state index in [1.54, 1.807) is 67.6 Å². The highest BCUT2D eigenvalue weighted by atomic mass is 35.5. The second-order valence-corrected chi connectivity index (χ2v) is 9.45. The third-order valence-electron chi connectivity index (χ3n) is 5.21. The van der Waals surface area contributed by atoms with Gasteiger partial charge < -0.3 is 10.1 Å². The van der Waals surface area contributed by atoms with E-state index < -0.39 is 17.9 Å². The van der Waals surface area contributed by atoms with Gasteiger partial charge >= 0.3 is 0 Å². The first-order valence-corrected chi connectivity index (χ1v) is 11.4. The summed E-state index contributed by atoms with van der Waals surface area (Å²) < 4.78 is 5.52. The molecule has 35 heavy (non-hydrogen) atoms. The third-order valence-corrected chi connectivity index (χ3v) is 5.47. The van der Waals surface area contributed by atoms with Crippen molar-refractivity contribution in [3.63, 3.8) is 0 Å². The molecule has 0 fully saturated rings. The van der Waals surface area contributed by atoms with E-state index in [1.165, 1.54) is 0 Å². The van der Waals surface area contributed by atoms with Crippen molar-refractivity contribution in [2.45, 2.75) is 39.2 Å². The highest BCUT2D eigenvalue weighted by Gasteiger charge is 2.17. The molecule has 0 saturated heterocycles. The minimum Gasteiger partial charge on any atom is -0.481 e. The predicted molar refractivity (Wildman–Crippen MR) is 137 cm³/mol. The maximum absolute atomic E-state index is 12.5. The topological polar surface area (TPSA) is 96.5 Å². The molecule has 1 atom stereocenters. The van der Waals surface area contributed by atoms with Gasteiger partial charge in [-0.3, -0.25) is 25.2 Å². The van der Waals surface area contributed by atoms with Crippen LogP contribution in [0.5, 0.6) is 5.75 Å². The fraction of sp³-hybridized carbons (Fsp3) is 0.222. The number of hydrazine groups is 1. The van der Waals surface area contributed by atoms with Gasteiger partial charge in [-0.15, -0.1) is 0 Å². The molecular weight excluding hydrogens is 466 g/mol. The maximum atomic E-state index is 12.5. The molecule has 0 saturated carbocycles. The number of ether oxygens (including phenoxy) is 1. The Morgan fingerprint density at radius 2 is 1.31 bits per heavy atom. The van der Waals surface area contributed by atoms with Gasteiger partial charge in [-0.05, 0) is 78.6 Å². The molecule has 0 spiro atoms. The van der Waals surface area contributed by atoms with Crippen molar-refractivity contribution in [1.82, 2.24) is 10.9 Å². The van der Waals surface area contributed by atoms with E-state index in [-0.39, 0.29) is 11.3 Å². The Morgan fingerprint density at radius 1 is 0.771 bits per heavy atom. The first-order chi connectivity index (χ1) is 16.5. The van der Waals surface area contributed by atoms with Crippen molar-refractivity contribution >= 4 is 35.0 Å². The summed E-state index contributed by atoms with van der Waals surface area (Å²) in [4.78, 5) is 37.1. The van der Waals surface area contributed by atoms with E-state index in [2.05, 4.69) is 36.9 Å². The van der Waals surface area contributed by atoms with Crippen LogP contribution in [0.15, 0.2) is 72.8 Å². The zero-order valence-corrected chi connectivity index (χ0v) is 20.8. The van der Waals surface area contributed by atoms with Crippen molar-refractivity contribution < 1.29 is 19.1 Å². The standard InChI is InChI=1S/C27H28ClN3O4/c1-17(35-23-15-11-21(28)12-16-23)24(32)30-31-26(34)19-7-13-22(14-8-19)29-25(33)18-5-9-20(10-6-18)27(2,3)4/h5-17H,1-4H3,(H,29,33)(H,30,32)(H,31,34). The smallest absolute Gasteiger partial charge is 0.279 e. The van der Waals surface area contributed by atoms with E-state index in [0.717, 1.165) is 5.56 Å². The van der Waals surface area contributed by atoms with Crippen LogP contribution < -0.4 is 20.9 Å². The Morgan fingerprint density at radius 3 is 1.89 bits per heavy atom. The minimum absolute atomic E-state index is 0.00659. The Hall–Kier alpha value is -3.84. The largest absolute Gasteiger partial charge is 0.481 e. The molecule has 182 valence electrons. The summed E-state index contributed by atoms with van der Waals surface area (Å²) in [6.45, 7) is 7.90. The lowest BCUT2D eigenvalue weighted by atomic mass is 9.87. The first kappa shape index (κ1) is 25.8. The number of halogens is 1. The van der Waals surface area contributed by atoms with Gasteiger partial charge in [0.15, 0.2) is 6.10 Å². The summed E-state index contributed by atoms with van der Waals surface area (Å²) in [6.07, 6.45) is -0.841. The lowest BCUT2D eigenvalue weighted by Gasteiger charge is -2.19. The van der Waals surface area contributed by atoms with E-state index in [9.17, 15) is 14.4 Å². The zero-order valence-electron chi connectivity index (χ0n) is 20.0. The molecule has 3 amide bonds. The number of amides is 3. The summed E-state index contributed by atoms with van der Waals surface area (Å²) in [7, 11) is 0. The lowest BCUT2D eigenvalue weighted by molar-refractivity contribution is -0.128. The van der Waals surface area contributed by atoms with Crippen LogP contribution >= 0.6 is 11.6 Å². The van der Waals surface area contributed by atoms with Crippen LogP contribution in [0.3, 0.4) is 0 Å². The summed E-state index contributed by atoms with van der Waals surface area (Å²) >= 11 is 5.83. The number of benzene rings is 3. The van der Waals surface area contributed by atoms with Crippen molar-refractivity contribution in [3.8, 4) is 5.75 Å². The SMILES string of the molecule is CC(Oc1ccc(Cl)cc1)C(=O)NNC(=O)c1ccc(NC(=O)c2ccc(C(C)(C)C)cc2)cc1. The van der Waals surface area contributed by atoms with Gasteiger partial charge in [0.2, 0.25) is 0 Å². The highest BCUT2D eigenvalue weighted by molar-refractivity contribution is 6.30. The van der Waals surface area contributed by atoms with Gasteiger partial charge in [-0.2, -0.15) is 0 Å². The van der Waals surface area contributed by atoms with Crippen LogP contribution in [0.1, 0.15) is 54.0 Å². The Bertz CT molecular complexity index is 1190. The molecule has 0 aliphatic rings. The molecule has 0 bridgehead atoms. The number of hydrogen-bond donors (Lipinski definition) is 3. The van der Waals surface area contributed by atoms with Gasteiger partial charge in [-0.1, -0.05) is 44.5 Å². The number of hydrogen-bond acceptors (Lipinski definition) is 4. The maximum Gasteiger partial charge on any atom is 0.279 e. The number of carbonyl (C=O) groups is 3. The fourth-order valence-corrected chi connectivity index (χ4v) is 3.22. The molecule has 7 nitrogen and oxygen atoms in total. The number of anilines is 1. The van der Waals surface area contributed by atoms with Gasteiger partial charge in [0, 0.05) is 21.8 Å². The number of nitrogens with one attached hydrogen (secondary N) is 3. The summed E-state index contributed by atoms with van der Waals surface area (Å²) in [6, 6.07) is 20.4. The Labute approximate surface area is 209 Å². The number of rotatable bonds is 6. The van der Waals surface area contributed by atoms with Gasteiger partial charge in [0.1, 0.15) is 5.75 Å². The van der Waals surface area contributed by atoms with Crippen molar-refractivity contribution in [3.05, 3.63) is 94.5 Å². The third kappa shape index (κ3) is 7.32. The second-order valence-electron chi connectivity index (χ2n) is 9.02. The predicted octanol–water partition coefficient (Wildman–Crippen LogP) is 5.12. The molecular formula is C27H28ClN3O4. The van der Waals surface area contributed by atoms with Crippen LogP contribution in [0.2, 0.25) is 5.02 Å². The van der Waals surface area contributed by atoms with Crippen molar-refractivity contribution in [2.24, 2.45) is 0 Å². The minimum atomic E-state index is -0.841. The van der Waals surface area contributed by atoms with Gasteiger partial charge in [0.05, 0.1) is 0 Å². The van der Waals surface area contributed by atoms with E-state index >= 15 is 0 Å². The van der Waals surface area contributed by atoms with Gasteiger partial charge in [-0.25, -0.2) is 0 Å². The summed E-state index contributed by atoms with van der Waals surface area (Å²) in [5.74, 6) is -0.793. The molecule has 3 N–H and O–H groups in total. The van der Waals surface area contributed by atoms with E-state index in [1.807, 2.05) is 12.1 Å². The highest BCUT2D eigenvalue weighted by Crippen LogP contribution is 2.22. The van der Waals surface area contributed by atoms with E-state index in [0.29, 0.717) is 27.6 Å². The van der Waals surface area contributed by atoms with Crippen LogP contribution in [0.4, 0.5) is 5.69 Å². The molecule has 8 heteroatoms. The molecule has 1 unspecified atom stereocenters. The molecule has 3 rings (SSSR count). The number of carbonyl (C=O) groups excluding carboxylic acids is 3. The zero-order chi connectivity index (χ0) is 25.6. The average molecular weight is 494 g/mol. The molecule has 0 heterocycles. The van der Waals surface area contributed by atoms with Crippen molar-refractivity contribution in [2.75, 3.05) is 5.32 Å². The molecule has 0 aliphatic carbocycles. The van der Waals surface area contributed by atoms with E-state index in [4.69, 9.17) is 16.3 Å². The van der Waals surface area contributed by atoms with Crippen LogP contribution in [0, 0.1) is 0 Å². The Balaban J connectivity index is 1.50. The Kier molecular flexibility index (Phi) is 8.14. The van der Waals surface area contributed by atoms with Gasteiger partial charge in [0.25, 0.3) is 17.7 Å². The molecule has 3 aromatic rings. The summed E-state index contributed by atoms with van der Waals surface area (Å²) in [5, 5.41) is 3.37. The quantitative estimate of drug-likeness (QED) is 0.415. The molecule has 0 aromatic heterocycles. The van der Waals surface area contributed by atoms with Crippen LogP contribution in [0.25, 0.3) is 0 Å².